The molecule has 0 spiro atoms. The van der Waals surface area contributed by atoms with E-state index in [-0.39, 0.29) is 6.67 Å². The highest BCUT2D eigenvalue weighted by Gasteiger charge is 1.99. The molecule has 0 amide bonds. The molecule has 0 aliphatic carbocycles. The molecule has 0 bridgehead atoms. The van der Waals surface area contributed by atoms with Crippen molar-refractivity contribution >= 4 is 11.8 Å². The van der Waals surface area contributed by atoms with E-state index < -0.39 is 6.10 Å². The van der Waals surface area contributed by atoms with Crippen LogP contribution in [0.3, 0.4) is 0 Å². The van der Waals surface area contributed by atoms with Crippen molar-refractivity contribution in [3.63, 3.8) is 0 Å². The number of alkyl halides is 1. The summed E-state index contributed by atoms with van der Waals surface area (Å²) in [4.78, 5) is 1.04. The minimum atomic E-state index is -0.430. The number of rotatable bonds is 4. The summed E-state index contributed by atoms with van der Waals surface area (Å²) in [6.45, 7) is 1.42. The fourth-order valence-corrected chi connectivity index (χ4v) is 1.64. The van der Waals surface area contributed by atoms with Crippen LogP contribution in [0.2, 0.25) is 0 Å². The van der Waals surface area contributed by atoms with Gasteiger partial charge in [0, 0.05) is 10.6 Å². The summed E-state index contributed by atoms with van der Waals surface area (Å²) in [6.07, 6.45) is -0.430. The lowest BCUT2D eigenvalue weighted by atomic mass is 10.1. The summed E-state index contributed by atoms with van der Waals surface area (Å²) in [5, 5.41) is 9.22. The van der Waals surface area contributed by atoms with E-state index in [0.29, 0.717) is 5.75 Å². The summed E-state index contributed by atoms with van der Waals surface area (Å²) in [6, 6.07) is 7.54. The van der Waals surface area contributed by atoms with Crippen LogP contribution in [-0.2, 0) is 0 Å². The van der Waals surface area contributed by atoms with Crippen LogP contribution in [-0.4, -0.2) is 17.5 Å². The Bertz CT molecular complexity index is 246. The van der Waals surface area contributed by atoms with Crippen LogP contribution in [0.15, 0.2) is 29.2 Å². The molecule has 1 nitrogen and oxygen atoms in total. The second-order valence-corrected chi connectivity index (χ2v) is 3.95. The van der Waals surface area contributed by atoms with E-state index in [1.807, 2.05) is 24.3 Å². The van der Waals surface area contributed by atoms with Crippen LogP contribution in [0.25, 0.3) is 0 Å². The van der Waals surface area contributed by atoms with Crippen molar-refractivity contribution in [3.05, 3.63) is 29.8 Å². The number of halogens is 1. The van der Waals surface area contributed by atoms with Gasteiger partial charge in [0.25, 0.3) is 0 Å². The predicted octanol–water partition coefficient (Wildman–Crippen LogP) is 2.80. The third-order valence-electron chi connectivity index (χ3n) is 1.71. The highest BCUT2D eigenvalue weighted by Crippen LogP contribution is 2.20. The van der Waals surface area contributed by atoms with Gasteiger partial charge in [-0.05, 0) is 24.6 Å². The summed E-state index contributed by atoms with van der Waals surface area (Å²) in [7, 11) is 0. The number of thioether (sulfide) groups is 1. The highest BCUT2D eigenvalue weighted by atomic mass is 32.2. The molecule has 0 aliphatic rings. The molecule has 1 aromatic rings. The van der Waals surface area contributed by atoms with Crippen molar-refractivity contribution in [3.8, 4) is 0 Å². The Balaban J connectivity index is 2.59. The van der Waals surface area contributed by atoms with Crippen molar-refractivity contribution in [1.29, 1.82) is 0 Å². The smallest absolute Gasteiger partial charge is 0.0988 e. The van der Waals surface area contributed by atoms with Crippen LogP contribution >= 0.6 is 11.8 Å². The molecular formula is C10H13FOS. The van der Waals surface area contributed by atoms with E-state index in [9.17, 15) is 9.50 Å². The topological polar surface area (TPSA) is 20.2 Å². The van der Waals surface area contributed by atoms with Gasteiger partial charge in [0.1, 0.15) is 0 Å². The molecule has 1 aromatic carbocycles. The summed E-state index contributed by atoms with van der Waals surface area (Å²) in [5.41, 5.74) is 0.893. The molecule has 3 heteroatoms. The van der Waals surface area contributed by atoms with Gasteiger partial charge < -0.3 is 5.11 Å². The monoisotopic (exact) mass is 200 g/mol. The fourth-order valence-electron chi connectivity index (χ4n) is 0.999. The summed E-state index contributed by atoms with van der Waals surface area (Å²) in [5.74, 6) is 0.494. The number of aliphatic hydroxyl groups excluding tert-OH is 1. The molecule has 0 heterocycles. The molecule has 0 fully saturated rings. The maximum absolute atomic E-state index is 11.8. The van der Waals surface area contributed by atoms with Gasteiger partial charge in [-0.15, -0.1) is 11.8 Å². The molecule has 1 atom stereocenters. The normalized spacial score (nSPS) is 12.8. The Hall–Kier alpha value is -0.540. The zero-order valence-corrected chi connectivity index (χ0v) is 8.35. The highest BCUT2D eigenvalue weighted by molar-refractivity contribution is 7.99. The van der Waals surface area contributed by atoms with Crippen LogP contribution in [0.1, 0.15) is 18.6 Å². The fraction of sp³-hybridized carbons (Fsp3) is 0.400. The van der Waals surface area contributed by atoms with Crippen LogP contribution in [0, 0.1) is 0 Å². The van der Waals surface area contributed by atoms with Gasteiger partial charge in [-0.3, -0.25) is 4.39 Å². The number of hydrogen-bond acceptors (Lipinski definition) is 2. The maximum atomic E-state index is 11.8. The Morgan fingerprint density at radius 2 is 2.00 bits per heavy atom. The van der Waals surface area contributed by atoms with E-state index in [0.717, 1.165) is 10.5 Å². The lowest BCUT2D eigenvalue weighted by Gasteiger charge is -2.05. The third-order valence-corrected chi connectivity index (χ3v) is 2.67. The van der Waals surface area contributed by atoms with Gasteiger partial charge >= 0.3 is 0 Å². The molecular weight excluding hydrogens is 187 g/mol. The first-order valence-electron chi connectivity index (χ1n) is 4.21. The van der Waals surface area contributed by atoms with E-state index in [1.54, 1.807) is 6.92 Å². The SMILES string of the molecule is CC(O)c1ccc(SCCF)cc1. The van der Waals surface area contributed by atoms with Gasteiger partial charge in [0.2, 0.25) is 0 Å². The van der Waals surface area contributed by atoms with Gasteiger partial charge in [-0.25, -0.2) is 0 Å². The molecule has 13 heavy (non-hydrogen) atoms. The largest absolute Gasteiger partial charge is 0.389 e. The van der Waals surface area contributed by atoms with Crippen molar-refractivity contribution < 1.29 is 9.50 Å². The Kier molecular flexibility index (Phi) is 4.25. The average molecular weight is 200 g/mol. The zero-order chi connectivity index (χ0) is 9.68. The number of aliphatic hydroxyl groups is 1. The van der Waals surface area contributed by atoms with E-state index in [2.05, 4.69) is 0 Å². The van der Waals surface area contributed by atoms with Crippen LogP contribution < -0.4 is 0 Å². The van der Waals surface area contributed by atoms with Gasteiger partial charge in [0.15, 0.2) is 0 Å². The van der Waals surface area contributed by atoms with Crippen molar-refractivity contribution in [2.75, 3.05) is 12.4 Å². The lowest BCUT2D eigenvalue weighted by molar-refractivity contribution is 0.199. The number of hydrogen-bond donors (Lipinski definition) is 1. The van der Waals surface area contributed by atoms with E-state index >= 15 is 0 Å². The molecule has 0 aromatic heterocycles. The van der Waals surface area contributed by atoms with Gasteiger partial charge in [-0.1, -0.05) is 12.1 Å². The molecule has 1 unspecified atom stereocenters. The molecule has 0 aliphatic heterocycles. The van der Waals surface area contributed by atoms with Crippen molar-refractivity contribution in [1.82, 2.24) is 0 Å². The average Bonchev–Trinajstić information content (AvgIpc) is 2.15. The first-order chi connectivity index (χ1) is 6.24. The maximum Gasteiger partial charge on any atom is 0.0988 e. The Labute approximate surface area is 82.0 Å². The third kappa shape index (κ3) is 3.36. The molecule has 0 saturated carbocycles. The van der Waals surface area contributed by atoms with Gasteiger partial charge in [0.05, 0.1) is 12.8 Å². The van der Waals surface area contributed by atoms with E-state index in [1.165, 1.54) is 11.8 Å². The van der Waals surface area contributed by atoms with Crippen LogP contribution in [0.4, 0.5) is 4.39 Å². The zero-order valence-electron chi connectivity index (χ0n) is 7.53. The van der Waals surface area contributed by atoms with Gasteiger partial charge in [-0.2, -0.15) is 0 Å². The number of benzene rings is 1. The van der Waals surface area contributed by atoms with Crippen molar-refractivity contribution in [2.24, 2.45) is 0 Å². The minimum Gasteiger partial charge on any atom is -0.389 e. The Morgan fingerprint density at radius 3 is 2.46 bits per heavy atom. The predicted molar refractivity (Wildman–Crippen MR) is 53.8 cm³/mol. The second kappa shape index (κ2) is 5.25. The van der Waals surface area contributed by atoms with E-state index in [4.69, 9.17) is 0 Å². The second-order valence-electron chi connectivity index (χ2n) is 2.78. The lowest BCUT2D eigenvalue weighted by Crippen LogP contribution is -1.89. The quantitative estimate of drug-likeness (QED) is 0.754. The van der Waals surface area contributed by atoms with Crippen LogP contribution in [0.5, 0.6) is 0 Å². The van der Waals surface area contributed by atoms with Crippen molar-refractivity contribution in [2.45, 2.75) is 17.9 Å². The molecule has 1 N–H and O–H groups in total. The summed E-state index contributed by atoms with van der Waals surface area (Å²) < 4.78 is 11.8. The molecule has 0 saturated heterocycles. The first kappa shape index (κ1) is 10.5. The molecule has 1 rings (SSSR count). The molecule has 0 radical (unpaired) electrons. The minimum absolute atomic E-state index is 0.303. The first-order valence-corrected chi connectivity index (χ1v) is 5.19. The standard InChI is InChI=1S/C10H13FOS/c1-8(12)9-2-4-10(5-3-9)13-7-6-11/h2-5,8,12H,6-7H2,1H3. The Morgan fingerprint density at radius 1 is 1.38 bits per heavy atom. The summed E-state index contributed by atoms with van der Waals surface area (Å²) >= 11 is 1.48. The molecule has 72 valence electrons.